The van der Waals surface area contributed by atoms with Crippen molar-refractivity contribution in [3.05, 3.63) is 10.6 Å². The van der Waals surface area contributed by atoms with E-state index in [1.54, 1.807) is 23.9 Å². The molecule has 1 N–H and O–H groups in total. The summed E-state index contributed by atoms with van der Waals surface area (Å²) in [6.45, 7) is 3.98. The normalized spacial score (nSPS) is 15.3. The topological polar surface area (TPSA) is 65.5 Å². The third-order valence-electron chi connectivity index (χ3n) is 4.23. The Balaban J connectivity index is 2.03. The van der Waals surface area contributed by atoms with E-state index in [-0.39, 0.29) is 24.5 Å². The van der Waals surface area contributed by atoms with Crippen LogP contribution in [0.1, 0.15) is 42.7 Å². The van der Waals surface area contributed by atoms with E-state index in [2.05, 4.69) is 10.3 Å². The fourth-order valence-corrected chi connectivity index (χ4v) is 3.67. The maximum atomic E-state index is 12.4. The minimum absolute atomic E-state index is 0.0827. The number of carbonyl (C=O) groups is 2. The molecule has 1 saturated carbocycles. The maximum Gasteiger partial charge on any atom is 0.320 e. The number of urea groups is 1. The van der Waals surface area contributed by atoms with Crippen LogP contribution in [0.2, 0.25) is 0 Å². The molecule has 0 saturated heterocycles. The molecule has 23 heavy (non-hydrogen) atoms. The predicted molar refractivity (Wildman–Crippen MR) is 92.9 cm³/mol. The van der Waals surface area contributed by atoms with Gasteiger partial charge in [-0.1, -0.05) is 19.3 Å². The highest BCUT2D eigenvalue weighted by molar-refractivity contribution is 7.15. The van der Waals surface area contributed by atoms with Crippen molar-refractivity contribution in [2.45, 2.75) is 52.0 Å². The summed E-state index contributed by atoms with van der Waals surface area (Å²) in [4.78, 5) is 33.5. The number of rotatable bonds is 4. The second-order valence-electron chi connectivity index (χ2n) is 6.31. The van der Waals surface area contributed by atoms with Gasteiger partial charge in [0.15, 0.2) is 5.13 Å². The first-order valence-electron chi connectivity index (χ1n) is 8.10. The quantitative estimate of drug-likeness (QED) is 0.918. The van der Waals surface area contributed by atoms with Crippen molar-refractivity contribution in [3.8, 4) is 0 Å². The summed E-state index contributed by atoms with van der Waals surface area (Å²) in [5, 5.41) is 3.43. The highest BCUT2D eigenvalue weighted by Crippen LogP contribution is 2.24. The number of anilines is 1. The van der Waals surface area contributed by atoms with Gasteiger partial charge in [-0.05, 0) is 26.7 Å². The Morgan fingerprint density at radius 1 is 1.22 bits per heavy atom. The molecule has 0 spiro atoms. The molecule has 0 aliphatic heterocycles. The van der Waals surface area contributed by atoms with Crippen molar-refractivity contribution in [2.24, 2.45) is 0 Å². The van der Waals surface area contributed by atoms with Crippen molar-refractivity contribution in [1.82, 2.24) is 14.8 Å². The first-order valence-corrected chi connectivity index (χ1v) is 8.92. The van der Waals surface area contributed by atoms with Crippen LogP contribution in [0, 0.1) is 13.8 Å². The summed E-state index contributed by atoms with van der Waals surface area (Å²) >= 11 is 1.46. The average molecular weight is 338 g/mol. The van der Waals surface area contributed by atoms with Crippen molar-refractivity contribution < 1.29 is 9.59 Å². The van der Waals surface area contributed by atoms with E-state index in [9.17, 15) is 9.59 Å². The third-order valence-corrected chi connectivity index (χ3v) is 5.22. The van der Waals surface area contributed by atoms with Crippen LogP contribution < -0.4 is 5.32 Å². The highest BCUT2D eigenvalue weighted by Gasteiger charge is 2.28. The van der Waals surface area contributed by atoms with Crippen LogP contribution in [0.3, 0.4) is 0 Å². The Morgan fingerprint density at radius 2 is 1.87 bits per heavy atom. The predicted octanol–water partition coefficient (Wildman–Crippen LogP) is 3.01. The molecule has 6 nitrogen and oxygen atoms in total. The molecule has 1 aromatic heterocycles. The van der Waals surface area contributed by atoms with Gasteiger partial charge in [0.2, 0.25) is 5.91 Å². The summed E-state index contributed by atoms with van der Waals surface area (Å²) in [6.07, 6.45) is 5.40. The molecule has 1 heterocycles. The second kappa shape index (κ2) is 7.77. The largest absolute Gasteiger partial charge is 0.331 e. The molecule has 128 valence electrons. The lowest BCUT2D eigenvalue weighted by Gasteiger charge is -2.35. The minimum atomic E-state index is -0.181. The summed E-state index contributed by atoms with van der Waals surface area (Å²) in [5.74, 6) is -0.181. The maximum absolute atomic E-state index is 12.4. The van der Waals surface area contributed by atoms with Gasteiger partial charge in [-0.15, -0.1) is 11.3 Å². The summed E-state index contributed by atoms with van der Waals surface area (Å²) in [7, 11) is 3.45. The van der Waals surface area contributed by atoms with Crippen LogP contribution >= 0.6 is 11.3 Å². The molecular weight excluding hydrogens is 312 g/mol. The number of nitrogens with one attached hydrogen (secondary N) is 1. The Morgan fingerprint density at radius 3 is 2.39 bits per heavy atom. The van der Waals surface area contributed by atoms with Crippen LogP contribution in [0.5, 0.6) is 0 Å². The van der Waals surface area contributed by atoms with Crippen LogP contribution in [0.4, 0.5) is 9.93 Å². The van der Waals surface area contributed by atoms with Gasteiger partial charge in [0, 0.05) is 25.0 Å². The summed E-state index contributed by atoms with van der Waals surface area (Å²) < 4.78 is 0. The van der Waals surface area contributed by atoms with Gasteiger partial charge >= 0.3 is 6.03 Å². The summed E-state index contributed by atoms with van der Waals surface area (Å²) in [5.41, 5.74) is 0.929. The SMILES string of the molecule is Cc1nc(NC(=O)CN(C(=O)N(C)C)C2CCCCC2)sc1C. The Hall–Kier alpha value is -1.63. The number of thiazole rings is 1. The molecule has 3 amide bonds. The molecule has 1 fully saturated rings. The van der Waals surface area contributed by atoms with Gasteiger partial charge in [-0.2, -0.15) is 0 Å². The van der Waals surface area contributed by atoms with E-state index in [4.69, 9.17) is 0 Å². The minimum Gasteiger partial charge on any atom is -0.331 e. The van der Waals surface area contributed by atoms with Gasteiger partial charge in [0.1, 0.15) is 6.54 Å². The lowest BCUT2D eigenvalue weighted by Crippen LogP contribution is -2.49. The standard InChI is InChI=1S/C16H26N4O2S/c1-11-12(2)23-15(17-11)18-14(21)10-20(16(22)19(3)4)13-8-6-5-7-9-13/h13H,5-10H2,1-4H3,(H,17,18,21). The van der Waals surface area contributed by atoms with Crippen molar-refractivity contribution in [2.75, 3.05) is 26.0 Å². The molecule has 0 aromatic carbocycles. The number of nitrogens with zero attached hydrogens (tertiary/aromatic N) is 3. The fourth-order valence-electron chi connectivity index (χ4n) is 2.84. The van der Waals surface area contributed by atoms with Crippen molar-refractivity contribution in [3.63, 3.8) is 0 Å². The lowest BCUT2D eigenvalue weighted by atomic mass is 9.94. The van der Waals surface area contributed by atoms with Crippen molar-refractivity contribution in [1.29, 1.82) is 0 Å². The molecule has 1 aliphatic rings. The molecule has 7 heteroatoms. The van der Waals surface area contributed by atoms with E-state index in [1.807, 2.05) is 13.8 Å². The van der Waals surface area contributed by atoms with Gasteiger partial charge in [-0.3, -0.25) is 4.79 Å². The number of carbonyl (C=O) groups excluding carboxylic acids is 2. The van der Waals surface area contributed by atoms with Crippen LogP contribution in [-0.2, 0) is 4.79 Å². The number of aromatic nitrogens is 1. The first-order chi connectivity index (χ1) is 10.9. The first kappa shape index (κ1) is 17.7. The van der Waals surface area contributed by atoms with E-state index < -0.39 is 0 Å². The van der Waals surface area contributed by atoms with Gasteiger partial charge in [-0.25, -0.2) is 9.78 Å². The second-order valence-corrected chi connectivity index (χ2v) is 7.51. The van der Waals surface area contributed by atoms with Gasteiger partial charge in [0.05, 0.1) is 5.69 Å². The molecule has 1 aliphatic carbocycles. The Bertz CT molecular complexity index is 545. The van der Waals surface area contributed by atoms with Crippen LogP contribution in [-0.4, -0.2) is 53.4 Å². The highest BCUT2D eigenvalue weighted by atomic mass is 32.1. The number of hydrogen-bond acceptors (Lipinski definition) is 4. The zero-order valence-corrected chi connectivity index (χ0v) is 15.2. The van der Waals surface area contributed by atoms with E-state index in [1.165, 1.54) is 17.8 Å². The van der Waals surface area contributed by atoms with Crippen molar-refractivity contribution >= 4 is 28.4 Å². The fraction of sp³-hybridized carbons (Fsp3) is 0.688. The molecule has 0 atom stereocenters. The number of amides is 3. The average Bonchev–Trinajstić information content (AvgIpc) is 2.82. The molecule has 2 rings (SSSR count). The smallest absolute Gasteiger partial charge is 0.320 e. The number of aryl methyl sites for hydroxylation is 2. The Kier molecular flexibility index (Phi) is 5.98. The molecule has 1 aromatic rings. The Labute approximate surface area is 141 Å². The zero-order chi connectivity index (χ0) is 17.0. The lowest BCUT2D eigenvalue weighted by molar-refractivity contribution is -0.117. The van der Waals surface area contributed by atoms with E-state index in [0.29, 0.717) is 5.13 Å². The van der Waals surface area contributed by atoms with Crippen LogP contribution in [0.25, 0.3) is 0 Å². The van der Waals surface area contributed by atoms with Crippen LogP contribution in [0.15, 0.2) is 0 Å². The van der Waals surface area contributed by atoms with Gasteiger partial charge in [0.25, 0.3) is 0 Å². The summed E-state index contributed by atoms with van der Waals surface area (Å²) in [6, 6.07) is 0.0581. The van der Waals surface area contributed by atoms with E-state index >= 15 is 0 Å². The molecule has 0 unspecified atom stereocenters. The third kappa shape index (κ3) is 4.67. The van der Waals surface area contributed by atoms with E-state index in [0.717, 1.165) is 36.3 Å². The number of hydrogen-bond donors (Lipinski definition) is 1. The zero-order valence-electron chi connectivity index (χ0n) is 14.4. The molecule has 0 bridgehead atoms. The monoisotopic (exact) mass is 338 g/mol. The molecule has 0 radical (unpaired) electrons. The van der Waals surface area contributed by atoms with Gasteiger partial charge < -0.3 is 15.1 Å². The molecular formula is C16H26N4O2S.